The van der Waals surface area contributed by atoms with E-state index in [-0.39, 0.29) is 0 Å². The summed E-state index contributed by atoms with van der Waals surface area (Å²) in [6.07, 6.45) is -1.34. The molecule has 4 rings (SSSR count). The van der Waals surface area contributed by atoms with Crippen LogP contribution in [0, 0.1) is 5.92 Å². The average Bonchev–Trinajstić information content (AvgIpc) is 3.23. The molecule has 1 amide bonds. The zero-order valence-electron chi connectivity index (χ0n) is 17.5. The maximum absolute atomic E-state index is 13.4. The van der Waals surface area contributed by atoms with E-state index >= 15 is 0 Å². The summed E-state index contributed by atoms with van der Waals surface area (Å²) >= 11 is 0. The number of hydrogen-bond donors (Lipinski definition) is 2. The average molecular weight is 432 g/mol. The highest BCUT2D eigenvalue weighted by atomic mass is 16.7. The predicted octanol–water partition coefficient (Wildman–Crippen LogP) is 4.29. The fraction of sp³-hybridized carbons (Fsp3) is 0.200. The van der Waals surface area contributed by atoms with E-state index in [1.54, 1.807) is 24.3 Å². The predicted molar refractivity (Wildman–Crippen MR) is 120 cm³/mol. The molecule has 0 aromatic heterocycles. The van der Waals surface area contributed by atoms with Gasteiger partial charge in [-0.2, -0.15) is 0 Å². The fourth-order valence-electron chi connectivity index (χ4n) is 3.86. The van der Waals surface area contributed by atoms with Crippen LogP contribution in [0.2, 0.25) is 0 Å². The van der Waals surface area contributed by atoms with Crippen LogP contribution in [0.25, 0.3) is 0 Å². The Hall–Kier alpha value is -3.84. The van der Waals surface area contributed by atoms with E-state index in [2.05, 4.69) is 5.32 Å². The quantitative estimate of drug-likeness (QED) is 0.579. The number of carbonyl (C=O) groups excluding carboxylic acids is 1. The minimum atomic E-state index is -1.34. The molecule has 7 heteroatoms. The van der Waals surface area contributed by atoms with Gasteiger partial charge in [0.15, 0.2) is 6.10 Å². The number of amides is 1. The Bertz CT molecular complexity index is 1060. The molecule has 0 radical (unpaired) electrons. The number of rotatable bonds is 7. The van der Waals surface area contributed by atoms with Crippen molar-refractivity contribution in [3.05, 3.63) is 90.5 Å². The normalized spacial score (nSPS) is 20.0. The Morgan fingerprint density at radius 1 is 0.969 bits per heavy atom. The smallest absolute Gasteiger partial charge is 0.336 e. The Morgan fingerprint density at radius 3 is 2.19 bits per heavy atom. The molecule has 1 saturated heterocycles. The number of anilines is 2. The molecule has 0 saturated carbocycles. The van der Waals surface area contributed by atoms with Crippen molar-refractivity contribution in [2.75, 3.05) is 17.0 Å². The fourth-order valence-corrected chi connectivity index (χ4v) is 3.86. The van der Waals surface area contributed by atoms with Crippen molar-refractivity contribution < 1.29 is 24.3 Å². The summed E-state index contributed by atoms with van der Waals surface area (Å²) in [4.78, 5) is 31.3. The van der Waals surface area contributed by atoms with E-state index in [0.717, 1.165) is 5.56 Å². The highest BCUT2D eigenvalue weighted by Crippen LogP contribution is 2.43. The van der Waals surface area contributed by atoms with Gasteiger partial charge >= 0.3 is 5.97 Å². The number of carboxylic acids is 1. The number of carboxylic acid groups (broad SMARTS) is 1. The van der Waals surface area contributed by atoms with Crippen LogP contribution in [0.15, 0.2) is 84.9 Å². The van der Waals surface area contributed by atoms with Crippen LogP contribution in [0.1, 0.15) is 18.5 Å². The maximum atomic E-state index is 13.4. The Kier molecular flexibility index (Phi) is 6.37. The molecule has 164 valence electrons. The lowest BCUT2D eigenvalue weighted by molar-refractivity contribution is -0.151. The van der Waals surface area contributed by atoms with Gasteiger partial charge in [-0.3, -0.25) is 9.63 Å². The number of nitrogens with zero attached hydrogens (tertiary/aromatic N) is 1. The minimum absolute atomic E-state index is 0.436. The van der Waals surface area contributed by atoms with Crippen LogP contribution in [0.5, 0.6) is 5.75 Å². The largest absolute Gasteiger partial charge is 0.494 e. The lowest BCUT2D eigenvalue weighted by atomic mass is 9.88. The van der Waals surface area contributed by atoms with E-state index in [9.17, 15) is 14.7 Å². The third-order valence-electron chi connectivity index (χ3n) is 5.28. The van der Waals surface area contributed by atoms with Crippen LogP contribution < -0.4 is 15.1 Å². The Balaban J connectivity index is 1.69. The lowest BCUT2D eigenvalue weighted by Gasteiger charge is -2.27. The number of ether oxygens (including phenoxy) is 1. The Morgan fingerprint density at radius 2 is 1.59 bits per heavy atom. The third-order valence-corrected chi connectivity index (χ3v) is 5.28. The van der Waals surface area contributed by atoms with Crippen LogP contribution in [-0.2, 0) is 14.4 Å². The van der Waals surface area contributed by atoms with Crippen LogP contribution in [0.3, 0.4) is 0 Å². The summed E-state index contributed by atoms with van der Waals surface area (Å²) in [5.41, 5.74) is 2.00. The van der Waals surface area contributed by atoms with Gasteiger partial charge in [-0.15, -0.1) is 0 Å². The van der Waals surface area contributed by atoms with Crippen molar-refractivity contribution in [3.63, 3.8) is 0 Å². The summed E-state index contributed by atoms with van der Waals surface area (Å²) in [6, 6.07) is 24.8. The lowest BCUT2D eigenvalue weighted by Crippen LogP contribution is -2.37. The van der Waals surface area contributed by atoms with Crippen molar-refractivity contribution in [3.8, 4) is 5.75 Å². The number of hydroxylamine groups is 1. The molecule has 1 aliphatic heterocycles. The highest BCUT2D eigenvalue weighted by Gasteiger charge is 2.52. The van der Waals surface area contributed by atoms with E-state index in [4.69, 9.17) is 9.57 Å². The monoisotopic (exact) mass is 432 g/mol. The van der Waals surface area contributed by atoms with Gasteiger partial charge in [0.05, 0.1) is 18.3 Å². The van der Waals surface area contributed by atoms with Gasteiger partial charge < -0.3 is 15.2 Å². The molecule has 7 nitrogen and oxygen atoms in total. The van der Waals surface area contributed by atoms with Crippen LogP contribution in [0.4, 0.5) is 11.4 Å². The summed E-state index contributed by atoms with van der Waals surface area (Å²) in [5, 5.41) is 14.2. The van der Waals surface area contributed by atoms with Gasteiger partial charge in [0.2, 0.25) is 5.91 Å². The van der Waals surface area contributed by atoms with Crippen molar-refractivity contribution in [2.24, 2.45) is 5.92 Å². The first-order valence-corrected chi connectivity index (χ1v) is 10.4. The second kappa shape index (κ2) is 9.53. The minimum Gasteiger partial charge on any atom is -0.494 e. The van der Waals surface area contributed by atoms with Gasteiger partial charge in [0.25, 0.3) is 0 Å². The Labute approximate surface area is 186 Å². The molecule has 3 aromatic carbocycles. The van der Waals surface area contributed by atoms with Crippen LogP contribution >= 0.6 is 0 Å². The maximum Gasteiger partial charge on any atom is 0.336 e. The van der Waals surface area contributed by atoms with Gasteiger partial charge in [-0.05, 0) is 48.9 Å². The summed E-state index contributed by atoms with van der Waals surface area (Å²) in [5.74, 6) is -1.93. The van der Waals surface area contributed by atoms with Crippen LogP contribution in [-0.4, -0.2) is 29.7 Å². The van der Waals surface area contributed by atoms with E-state index in [1.807, 2.05) is 67.6 Å². The number of nitrogens with one attached hydrogen (secondary N) is 1. The number of aliphatic carboxylic acids is 1. The first kappa shape index (κ1) is 21.4. The molecule has 3 aromatic rings. The molecule has 0 aliphatic carbocycles. The van der Waals surface area contributed by atoms with Crippen molar-refractivity contribution in [1.82, 2.24) is 0 Å². The zero-order valence-corrected chi connectivity index (χ0v) is 17.5. The van der Waals surface area contributed by atoms with Gasteiger partial charge in [0, 0.05) is 5.69 Å². The van der Waals surface area contributed by atoms with E-state index < -0.39 is 29.9 Å². The van der Waals surface area contributed by atoms with Gasteiger partial charge in [-0.25, -0.2) is 9.86 Å². The molecule has 1 heterocycles. The molecule has 0 spiro atoms. The summed E-state index contributed by atoms with van der Waals surface area (Å²) in [6.45, 7) is 2.43. The number of carbonyl (C=O) groups is 2. The summed E-state index contributed by atoms with van der Waals surface area (Å²) < 4.78 is 5.43. The molecule has 32 heavy (non-hydrogen) atoms. The second-order valence-electron chi connectivity index (χ2n) is 7.35. The van der Waals surface area contributed by atoms with Gasteiger partial charge in [0.1, 0.15) is 11.7 Å². The van der Waals surface area contributed by atoms with Crippen molar-refractivity contribution in [2.45, 2.75) is 19.1 Å². The topological polar surface area (TPSA) is 88.1 Å². The SMILES string of the molecule is CCOc1ccc(NC(=O)[C@@H]2[C@H](C(=O)O)ON(c3ccccc3)[C@H]2c2ccccc2)cc1. The first-order chi connectivity index (χ1) is 15.6. The molecule has 0 bridgehead atoms. The molecule has 1 fully saturated rings. The van der Waals surface area contributed by atoms with Crippen molar-refractivity contribution in [1.29, 1.82) is 0 Å². The molecule has 0 unspecified atom stereocenters. The standard InChI is InChI=1S/C25H24N2O5/c1-2-31-20-15-13-18(14-16-20)26-24(28)21-22(17-9-5-3-6-10-17)27(32-23(21)25(29)30)19-11-7-4-8-12-19/h3-16,21-23H,2H2,1H3,(H,26,28)(H,29,30)/t21-,22-,23+/m0/s1. The highest BCUT2D eigenvalue weighted by molar-refractivity contribution is 5.97. The van der Waals surface area contributed by atoms with Gasteiger partial charge in [-0.1, -0.05) is 48.5 Å². The third kappa shape index (κ3) is 4.43. The molecule has 2 N–H and O–H groups in total. The summed E-state index contributed by atoms with van der Waals surface area (Å²) in [7, 11) is 0. The molecule has 1 aliphatic rings. The van der Waals surface area contributed by atoms with E-state index in [0.29, 0.717) is 23.7 Å². The number of para-hydroxylation sites is 1. The molecule has 3 atom stereocenters. The van der Waals surface area contributed by atoms with Crippen molar-refractivity contribution >= 4 is 23.3 Å². The molecular formula is C25H24N2O5. The number of benzene rings is 3. The second-order valence-corrected chi connectivity index (χ2v) is 7.35. The first-order valence-electron chi connectivity index (χ1n) is 10.4. The van der Waals surface area contributed by atoms with E-state index in [1.165, 1.54) is 5.06 Å². The molecular weight excluding hydrogens is 408 g/mol. The zero-order chi connectivity index (χ0) is 22.5. The number of hydrogen-bond acceptors (Lipinski definition) is 5.